The Bertz CT molecular complexity index is 255. The summed E-state index contributed by atoms with van der Waals surface area (Å²) in [6.07, 6.45) is 0.778. The van der Waals surface area contributed by atoms with Gasteiger partial charge in [0.15, 0.2) is 0 Å². The highest BCUT2D eigenvalue weighted by atomic mass is 35.5. The van der Waals surface area contributed by atoms with Gasteiger partial charge in [-0.05, 0) is 30.2 Å². The number of hydrogen-bond acceptors (Lipinski definition) is 1. The average Bonchev–Trinajstić information content (AvgIpc) is 2.01. The minimum atomic E-state index is -0.332. The lowest BCUT2D eigenvalue weighted by Gasteiger charge is -2.08. The van der Waals surface area contributed by atoms with Crippen LogP contribution in [-0.2, 0) is 0 Å². The maximum Gasteiger partial charge on any atom is 0.125 e. The van der Waals surface area contributed by atoms with E-state index in [1.165, 1.54) is 12.1 Å². The third-order valence-electron chi connectivity index (χ3n) is 1.75. The molecule has 1 aromatic carbocycles. The van der Waals surface area contributed by atoms with Crippen molar-refractivity contribution in [3.8, 4) is 0 Å². The highest BCUT2D eigenvalue weighted by Crippen LogP contribution is 2.19. The summed E-state index contributed by atoms with van der Waals surface area (Å²) in [4.78, 5) is 0. The first kappa shape index (κ1) is 9.49. The molecule has 1 aromatic rings. The first-order valence-corrected chi connectivity index (χ1v) is 4.23. The lowest BCUT2D eigenvalue weighted by Crippen LogP contribution is -2.08. The summed E-state index contributed by atoms with van der Waals surface area (Å²) in [5.41, 5.74) is 6.46. The van der Waals surface area contributed by atoms with Crippen LogP contribution in [0.2, 0.25) is 5.02 Å². The van der Waals surface area contributed by atoms with Crippen molar-refractivity contribution < 1.29 is 4.39 Å². The van der Waals surface area contributed by atoms with Crippen LogP contribution >= 0.6 is 11.6 Å². The van der Waals surface area contributed by atoms with E-state index in [1.807, 2.05) is 6.92 Å². The van der Waals surface area contributed by atoms with Crippen LogP contribution in [0.15, 0.2) is 18.2 Å². The molecular formula is C9H11ClFN. The van der Waals surface area contributed by atoms with Gasteiger partial charge in [0.05, 0.1) is 0 Å². The van der Waals surface area contributed by atoms with E-state index in [0.29, 0.717) is 5.02 Å². The largest absolute Gasteiger partial charge is 0.324 e. The molecular weight excluding hydrogens is 177 g/mol. The fourth-order valence-corrected chi connectivity index (χ4v) is 1.26. The molecule has 1 nitrogen and oxygen atoms in total. The van der Waals surface area contributed by atoms with E-state index < -0.39 is 0 Å². The third-order valence-corrected chi connectivity index (χ3v) is 1.97. The molecule has 0 aromatic heterocycles. The van der Waals surface area contributed by atoms with E-state index >= 15 is 0 Å². The van der Waals surface area contributed by atoms with E-state index in [-0.39, 0.29) is 11.9 Å². The topological polar surface area (TPSA) is 26.0 Å². The molecule has 0 aliphatic carbocycles. The van der Waals surface area contributed by atoms with Crippen LogP contribution < -0.4 is 5.73 Å². The maximum absolute atomic E-state index is 12.8. The molecule has 0 heterocycles. The van der Waals surface area contributed by atoms with Crippen molar-refractivity contribution in [3.63, 3.8) is 0 Å². The van der Waals surface area contributed by atoms with Gasteiger partial charge in [-0.1, -0.05) is 18.5 Å². The molecule has 3 heteroatoms. The van der Waals surface area contributed by atoms with Crippen molar-refractivity contribution in [1.82, 2.24) is 0 Å². The molecule has 1 rings (SSSR count). The summed E-state index contributed by atoms with van der Waals surface area (Å²) in [6.45, 7) is 1.95. The molecule has 0 bridgehead atoms. The number of nitrogens with two attached hydrogens (primary N) is 1. The van der Waals surface area contributed by atoms with Gasteiger partial charge in [-0.3, -0.25) is 0 Å². The first-order valence-electron chi connectivity index (χ1n) is 3.85. The molecule has 0 spiro atoms. The predicted molar refractivity (Wildman–Crippen MR) is 48.6 cm³/mol. The summed E-state index contributed by atoms with van der Waals surface area (Å²) in [7, 11) is 0. The Morgan fingerprint density at radius 1 is 1.50 bits per heavy atom. The molecule has 0 radical (unpaired) electrons. The number of rotatable bonds is 2. The second kappa shape index (κ2) is 3.87. The third kappa shape index (κ3) is 2.19. The lowest BCUT2D eigenvalue weighted by atomic mass is 10.1. The quantitative estimate of drug-likeness (QED) is 0.757. The minimum Gasteiger partial charge on any atom is -0.324 e. The molecule has 1 atom stereocenters. The Hall–Kier alpha value is -0.600. The van der Waals surface area contributed by atoms with Crippen LogP contribution in [-0.4, -0.2) is 0 Å². The van der Waals surface area contributed by atoms with Crippen LogP contribution in [0.1, 0.15) is 24.9 Å². The predicted octanol–water partition coefficient (Wildman–Crippen LogP) is 2.89. The number of hydrogen-bond donors (Lipinski definition) is 1. The Balaban J connectivity index is 3.00. The van der Waals surface area contributed by atoms with E-state index in [4.69, 9.17) is 17.3 Å². The number of benzene rings is 1. The minimum absolute atomic E-state index is 0.127. The van der Waals surface area contributed by atoms with Crippen molar-refractivity contribution in [1.29, 1.82) is 0 Å². The second-order valence-corrected chi connectivity index (χ2v) is 3.15. The first-order chi connectivity index (χ1) is 5.63. The van der Waals surface area contributed by atoms with Crippen LogP contribution in [0.3, 0.4) is 0 Å². The van der Waals surface area contributed by atoms with Crippen molar-refractivity contribution in [3.05, 3.63) is 34.6 Å². The smallest absolute Gasteiger partial charge is 0.125 e. The van der Waals surface area contributed by atoms with Crippen molar-refractivity contribution in [2.24, 2.45) is 5.73 Å². The zero-order valence-electron chi connectivity index (χ0n) is 6.85. The fraction of sp³-hybridized carbons (Fsp3) is 0.333. The highest BCUT2D eigenvalue weighted by Gasteiger charge is 2.05. The molecule has 0 fully saturated rings. The Morgan fingerprint density at radius 2 is 2.17 bits per heavy atom. The van der Waals surface area contributed by atoms with E-state index in [1.54, 1.807) is 6.07 Å². The van der Waals surface area contributed by atoms with Crippen LogP contribution in [0.25, 0.3) is 0 Å². The summed E-state index contributed by atoms with van der Waals surface area (Å²) < 4.78 is 12.8. The monoisotopic (exact) mass is 187 g/mol. The second-order valence-electron chi connectivity index (χ2n) is 2.72. The summed E-state index contributed by atoms with van der Waals surface area (Å²) in [5, 5.41) is 0.397. The zero-order valence-corrected chi connectivity index (χ0v) is 7.61. The standard InChI is InChI=1S/C9H11ClFN/c1-2-9(12)6-3-7(10)5-8(11)4-6/h3-5,9H,2,12H2,1H3. The average molecular weight is 188 g/mol. The normalized spacial score (nSPS) is 13.0. The Kier molecular flexibility index (Phi) is 3.06. The Morgan fingerprint density at radius 3 is 2.67 bits per heavy atom. The molecule has 12 heavy (non-hydrogen) atoms. The van der Waals surface area contributed by atoms with Gasteiger partial charge in [0, 0.05) is 11.1 Å². The van der Waals surface area contributed by atoms with Gasteiger partial charge in [-0.2, -0.15) is 0 Å². The SMILES string of the molecule is CCC(N)c1cc(F)cc(Cl)c1. The fourth-order valence-electron chi connectivity index (χ4n) is 1.02. The molecule has 2 N–H and O–H groups in total. The number of halogens is 2. The van der Waals surface area contributed by atoms with Crippen molar-refractivity contribution in [2.45, 2.75) is 19.4 Å². The molecule has 0 aliphatic heterocycles. The molecule has 0 amide bonds. The van der Waals surface area contributed by atoms with Gasteiger partial charge in [-0.15, -0.1) is 0 Å². The van der Waals surface area contributed by atoms with E-state index in [9.17, 15) is 4.39 Å². The van der Waals surface area contributed by atoms with E-state index in [0.717, 1.165) is 12.0 Å². The van der Waals surface area contributed by atoms with Crippen LogP contribution in [0.4, 0.5) is 4.39 Å². The van der Waals surface area contributed by atoms with Crippen LogP contribution in [0, 0.1) is 5.82 Å². The van der Waals surface area contributed by atoms with Crippen molar-refractivity contribution in [2.75, 3.05) is 0 Å². The highest BCUT2D eigenvalue weighted by molar-refractivity contribution is 6.30. The van der Waals surface area contributed by atoms with Gasteiger partial charge in [-0.25, -0.2) is 4.39 Å². The summed E-state index contributed by atoms with van der Waals surface area (Å²) in [6, 6.07) is 4.25. The molecule has 66 valence electrons. The Labute approximate surface area is 76.3 Å². The van der Waals surface area contributed by atoms with E-state index in [2.05, 4.69) is 0 Å². The van der Waals surface area contributed by atoms with Gasteiger partial charge in [0.2, 0.25) is 0 Å². The maximum atomic E-state index is 12.8. The molecule has 0 saturated heterocycles. The molecule has 0 saturated carbocycles. The van der Waals surface area contributed by atoms with Gasteiger partial charge < -0.3 is 5.73 Å². The summed E-state index contributed by atoms with van der Waals surface area (Å²) >= 11 is 5.66. The van der Waals surface area contributed by atoms with Gasteiger partial charge in [0.1, 0.15) is 5.82 Å². The molecule has 1 unspecified atom stereocenters. The summed E-state index contributed by atoms with van der Waals surface area (Å²) in [5.74, 6) is -0.332. The van der Waals surface area contributed by atoms with Gasteiger partial charge in [0.25, 0.3) is 0 Å². The molecule has 0 aliphatic rings. The van der Waals surface area contributed by atoms with Crippen molar-refractivity contribution >= 4 is 11.6 Å². The zero-order chi connectivity index (χ0) is 9.14. The lowest BCUT2D eigenvalue weighted by molar-refractivity contribution is 0.617. The van der Waals surface area contributed by atoms with Crippen LogP contribution in [0.5, 0.6) is 0 Å². The van der Waals surface area contributed by atoms with Gasteiger partial charge >= 0.3 is 0 Å².